The fourth-order valence-corrected chi connectivity index (χ4v) is 6.81. The predicted molar refractivity (Wildman–Crippen MR) is 181 cm³/mol. The summed E-state index contributed by atoms with van der Waals surface area (Å²) in [6.45, 7) is 5.84. The summed E-state index contributed by atoms with van der Waals surface area (Å²) in [6, 6.07) is 29.3. The lowest BCUT2D eigenvalue weighted by Gasteiger charge is -2.34. The number of nitrogens with one attached hydrogen (secondary N) is 1. The first-order valence-electron chi connectivity index (χ1n) is 15.1. The maximum atomic E-state index is 14.6. The number of anilines is 1. The number of benzene rings is 4. The lowest BCUT2D eigenvalue weighted by Crippen LogP contribution is -2.53. The van der Waals surface area contributed by atoms with Crippen LogP contribution in [0, 0.1) is 13.8 Å². The number of hydrogen-bond acceptors (Lipinski definition) is 4. The van der Waals surface area contributed by atoms with E-state index in [-0.39, 0.29) is 23.8 Å². The lowest BCUT2D eigenvalue weighted by atomic mass is 10.0. The topological polar surface area (TPSA) is 86.8 Å². The highest BCUT2D eigenvalue weighted by molar-refractivity contribution is 7.92. The van der Waals surface area contributed by atoms with Crippen LogP contribution in [0.5, 0.6) is 0 Å². The van der Waals surface area contributed by atoms with Crippen molar-refractivity contribution in [3.05, 3.63) is 130 Å². The van der Waals surface area contributed by atoms with Crippen molar-refractivity contribution < 1.29 is 18.0 Å². The average Bonchev–Trinajstić information content (AvgIpc) is 3.03. The minimum atomic E-state index is -4.20. The van der Waals surface area contributed by atoms with Crippen LogP contribution in [0.15, 0.2) is 108 Å². The Kier molecular flexibility index (Phi) is 11.8. The number of unbranched alkanes of at least 4 members (excludes halogenated alkanes) is 1. The molecule has 0 heterocycles. The number of aryl methyl sites for hydroxylation is 2. The molecule has 0 fully saturated rings. The second-order valence-corrected chi connectivity index (χ2v) is 13.4. The Morgan fingerprint density at radius 2 is 1.51 bits per heavy atom. The number of amides is 2. The largest absolute Gasteiger partial charge is 0.354 e. The molecule has 0 bridgehead atoms. The van der Waals surface area contributed by atoms with E-state index in [1.165, 1.54) is 17.0 Å². The van der Waals surface area contributed by atoms with E-state index in [1.54, 1.807) is 43.3 Å². The van der Waals surface area contributed by atoms with Crippen LogP contribution in [-0.4, -0.2) is 44.3 Å². The van der Waals surface area contributed by atoms with E-state index in [9.17, 15) is 18.0 Å². The van der Waals surface area contributed by atoms with Crippen LogP contribution in [0.1, 0.15) is 42.0 Å². The summed E-state index contributed by atoms with van der Waals surface area (Å²) in [5, 5.41) is 3.35. The van der Waals surface area contributed by atoms with Gasteiger partial charge in [-0.2, -0.15) is 0 Å². The van der Waals surface area contributed by atoms with Crippen molar-refractivity contribution >= 4 is 39.1 Å². The van der Waals surface area contributed by atoms with Gasteiger partial charge in [0.25, 0.3) is 10.0 Å². The first kappa shape index (κ1) is 33.7. The van der Waals surface area contributed by atoms with Gasteiger partial charge in [-0.05, 0) is 61.2 Å². The van der Waals surface area contributed by atoms with Crippen molar-refractivity contribution in [1.82, 2.24) is 10.2 Å². The molecule has 0 aliphatic carbocycles. The first-order valence-corrected chi connectivity index (χ1v) is 16.9. The molecule has 1 unspecified atom stereocenters. The van der Waals surface area contributed by atoms with Crippen molar-refractivity contribution in [2.75, 3.05) is 17.4 Å². The van der Waals surface area contributed by atoms with Crippen LogP contribution >= 0.6 is 11.6 Å². The molecule has 0 saturated carbocycles. The fraction of sp³-hybridized carbons (Fsp3) is 0.278. The Morgan fingerprint density at radius 3 is 2.18 bits per heavy atom. The molecule has 7 nitrogen and oxygen atoms in total. The summed E-state index contributed by atoms with van der Waals surface area (Å²) >= 11 is 6.35. The van der Waals surface area contributed by atoms with E-state index < -0.39 is 28.5 Å². The van der Waals surface area contributed by atoms with E-state index in [4.69, 9.17) is 11.6 Å². The average molecular weight is 646 g/mol. The van der Waals surface area contributed by atoms with E-state index in [0.29, 0.717) is 22.8 Å². The van der Waals surface area contributed by atoms with Crippen molar-refractivity contribution in [2.45, 2.75) is 57.5 Å². The van der Waals surface area contributed by atoms with Gasteiger partial charge in [-0.1, -0.05) is 109 Å². The summed E-state index contributed by atoms with van der Waals surface area (Å²) in [7, 11) is -4.20. The van der Waals surface area contributed by atoms with Gasteiger partial charge in [0, 0.05) is 24.5 Å². The van der Waals surface area contributed by atoms with Gasteiger partial charge in [0.1, 0.15) is 12.6 Å². The molecule has 0 aliphatic heterocycles. The molecule has 1 N–H and O–H groups in total. The molecule has 1 atom stereocenters. The Morgan fingerprint density at radius 1 is 0.844 bits per heavy atom. The summed E-state index contributed by atoms with van der Waals surface area (Å²) < 4.78 is 29.4. The number of hydrogen-bond donors (Lipinski definition) is 1. The molecule has 236 valence electrons. The number of nitrogens with zero attached hydrogens (tertiary/aromatic N) is 2. The third kappa shape index (κ3) is 8.96. The standard InChI is InChI=1S/C36H40ClN3O4S/c1-4-5-21-38-36(42)34(23-29-14-8-6-9-15-29)39(25-30-16-12-13-27(2)22-30)35(41)26-40(33-24-31(37)20-19-28(33)3)45(43,44)32-17-10-7-11-18-32/h6-20,22,24,34H,4-5,21,23,25-26H2,1-3H3,(H,38,42). The lowest BCUT2D eigenvalue weighted by molar-refractivity contribution is -0.140. The Hall–Kier alpha value is -4.14. The maximum Gasteiger partial charge on any atom is 0.264 e. The molecular formula is C36H40ClN3O4S. The molecule has 9 heteroatoms. The van der Waals surface area contributed by atoms with Crippen LogP contribution in [0.3, 0.4) is 0 Å². The zero-order valence-electron chi connectivity index (χ0n) is 25.9. The smallest absolute Gasteiger partial charge is 0.264 e. The van der Waals surface area contributed by atoms with Gasteiger partial charge >= 0.3 is 0 Å². The SMILES string of the molecule is CCCCNC(=O)C(Cc1ccccc1)N(Cc1cccc(C)c1)C(=O)CN(c1cc(Cl)ccc1C)S(=O)(=O)c1ccccc1. The fourth-order valence-electron chi connectivity index (χ4n) is 5.15. The van der Waals surface area contributed by atoms with Crippen molar-refractivity contribution in [2.24, 2.45) is 0 Å². The van der Waals surface area contributed by atoms with Gasteiger partial charge in [-0.3, -0.25) is 13.9 Å². The number of halogens is 1. The molecule has 45 heavy (non-hydrogen) atoms. The van der Waals surface area contributed by atoms with Gasteiger partial charge < -0.3 is 10.2 Å². The molecule has 4 rings (SSSR count). The Balaban J connectivity index is 1.81. The van der Waals surface area contributed by atoms with E-state index in [0.717, 1.165) is 33.8 Å². The number of rotatable bonds is 14. The number of carbonyl (C=O) groups is 2. The molecule has 0 spiro atoms. The zero-order valence-corrected chi connectivity index (χ0v) is 27.5. The molecule has 4 aromatic carbocycles. The molecule has 0 saturated heterocycles. The highest BCUT2D eigenvalue weighted by Crippen LogP contribution is 2.30. The minimum absolute atomic E-state index is 0.0422. The summed E-state index contributed by atoms with van der Waals surface area (Å²) in [5.41, 5.74) is 3.65. The Bertz CT molecular complexity index is 1700. The van der Waals surface area contributed by atoms with Gasteiger partial charge in [-0.25, -0.2) is 8.42 Å². The van der Waals surface area contributed by atoms with Crippen LogP contribution in [-0.2, 0) is 32.6 Å². The summed E-state index contributed by atoms with van der Waals surface area (Å²) in [6.07, 6.45) is 1.96. The zero-order chi connectivity index (χ0) is 32.4. The van der Waals surface area contributed by atoms with Crippen molar-refractivity contribution in [3.63, 3.8) is 0 Å². The summed E-state index contributed by atoms with van der Waals surface area (Å²) in [5.74, 6) is -0.799. The van der Waals surface area contributed by atoms with Gasteiger partial charge in [-0.15, -0.1) is 0 Å². The number of carbonyl (C=O) groups excluding carboxylic acids is 2. The highest BCUT2D eigenvalue weighted by Gasteiger charge is 2.35. The predicted octanol–water partition coefficient (Wildman–Crippen LogP) is 6.71. The molecule has 0 aromatic heterocycles. The van der Waals surface area contributed by atoms with Gasteiger partial charge in [0.2, 0.25) is 11.8 Å². The first-order chi connectivity index (χ1) is 21.6. The quantitative estimate of drug-likeness (QED) is 0.155. The van der Waals surface area contributed by atoms with E-state index in [2.05, 4.69) is 5.32 Å². The van der Waals surface area contributed by atoms with Gasteiger partial charge in [0.05, 0.1) is 10.6 Å². The van der Waals surface area contributed by atoms with E-state index in [1.807, 2.05) is 68.4 Å². The third-order valence-corrected chi connectivity index (χ3v) is 9.60. The minimum Gasteiger partial charge on any atom is -0.354 e. The number of sulfonamides is 1. The molecule has 0 aliphatic rings. The second-order valence-electron chi connectivity index (χ2n) is 11.1. The van der Waals surface area contributed by atoms with Crippen LogP contribution < -0.4 is 9.62 Å². The van der Waals surface area contributed by atoms with Gasteiger partial charge in [0.15, 0.2) is 0 Å². The van der Waals surface area contributed by atoms with Crippen LogP contribution in [0.25, 0.3) is 0 Å². The summed E-state index contributed by atoms with van der Waals surface area (Å²) in [4.78, 5) is 30.0. The molecule has 0 radical (unpaired) electrons. The van der Waals surface area contributed by atoms with Crippen LogP contribution in [0.2, 0.25) is 5.02 Å². The molecule has 2 amide bonds. The highest BCUT2D eigenvalue weighted by atomic mass is 35.5. The second kappa shape index (κ2) is 15.7. The van der Waals surface area contributed by atoms with Crippen molar-refractivity contribution in [1.29, 1.82) is 0 Å². The molecule has 4 aromatic rings. The maximum absolute atomic E-state index is 14.6. The monoisotopic (exact) mass is 645 g/mol. The Labute approximate surface area is 271 Å². The third-order valence-electron chi connectivity index (χ3n) is 7.59. The molecular weight excluding hydrogens is 606 g/mol. The normalized spacial score (nSPS) is 11.9. The van der Waals surface area contributed by atoms with E-state index >= 15 is 0 Å². The van der Waals surface area contributed by atoms with Crippen molar-refractivity contribution in [3.8, 4) is 0 Å². The van der Waals surface area contributed by atoms with Crippen LogP contribution in [0.4, 0.5) is 5.69 Å².